The van der Waals surface area contributed by atoms with Gasteiger partial charge in [0.25, 0.3) is 0 Å². The van der Waals surface area contributed by atoms with E-state index in [-0.39, 0.29) is 5.75 Å². The molecule has 6 heteroatoms. The molecule has 0 bridgehead atoms. The molecule has 0 saturated heterocycles. The first-order chi connectivity index (χ1) is 8.18. The van der Waals surface area contributed by atoms with Gasteiger partial charge in [-0.05, 0) is 6.07 Å². The third-order valence-corrected chi connectivity index (χ3v) is 3.05. The molecule has 1 aromatic heterocycles. The van der Waals surface area contributed by atoms with Crippen LogP contribution in [0.15, 0.2) is 35.8 Å². The second-order valence-electron chi connectivity index (χ2n) is 3.26. The first-order valence-corrected chi connectivity index (χ1v) is 5.75. The zero-order chi connectivity index (χ0) is 12.3. The van der Waals surface area contributed by atoms with E-state index in [1.165, 1.54) is 17.4 Å². The summed E-state index contributed by atoms with van der Waals surface area (Å²) < 4.78 is 28.9. The van der Waals surface area contributed by atoms with Gasteiger partial charge in [0, 0.05) is 17.1 Å². The predicted octanol–water partition coefficient (Wildman–Crippen LogP) is 2.79. The third kappa shape index (κ3) is 2.78. The zero-order valence-electron chi connectivity index (χ0n) is 8.72. The Hall–Kier alpha value is -1.53. The zero-order valence-corrected chi connectivity index (χ0v) is 9.53. The summed E-state index contributed by atoms with van der Waals surface area (Å²) in [7, 11) is 0. The molecular formula is C11H10F2N2OS. The maximum absolute atomic E-state index is 12.2. The molecular weight excluding hydrogens is 246 g/mol. The van der Waals surface area contributed by atoms with Crippen LogP contribution in [0.25, 0.3) is 0 Å². The van der Waals surface area contributed by atoms with Crippen molar-refractivity contribution in [2.75, 3.05) is 0 Å². The lowest BCUT2D eigenvalue weighted by atomic mass is 10.1. The molecule has 1 unspecified atom stereocenters. The number of para-hydroxylation sites is 1. The van der Waals surface area contributed by atoms with E-state index in [0.717, 1.165) is 0 Å². The number of ether oxygens (including phenoxy) is 1. The highest BCUT2D eigenvalue weighted by atomic mass is 32.1. The van der Waals surface area contributed by atoms with Crippen LogP contribution in [0.5, 0.6) is 5.75 Å². The minimum absolute atomic E-state index is 0.0881. The smallest absolute Gasteiger partial charge is 0.387 e. The molecule has 1 heterocycles. The van der Waals surface area contributed by atoms with Crippen molar-refractivity contribution in [2.45, 2.75) is 12.7 Å². The minimum atomic E-state index is -2.86. The van der Waals surface area contributed by atoms with Crippen LogP contribution in [0.2, 0.25) is 0 Å². The van der Waals surface area contributed by atoms with Gasteiger partial charge in [0.2, 0.25) is 0 Å². The van der Waals surface area contributed by atoms with Gasteiger partial charge in [-0.2, -0.15) is 8.78 Å². The maximum atomic E-state index is 12.2. The van der Waals surface area contributed by atoms with E-state index in [1.54, 1.807) is 29.8 Å². The van der Waals surface area contributed by atoms with Crippen LogP contribution in [-0.2, 0) is 0 Å². The van der Waals surface area contributed by atoms with E-state index in [0.29, 0.717) is 10.6 Å². The fraction of sp³-hybridized carbons (Fsp3) is 0.182. The van der Waals surface area contributed by atoms with Gasteiger partial charge >= 0.3 is 6.61 Å². The summed E-state index contributed by atoms with van der Waals surface area (Å²) in [5.41, 5.74) is 6.46. The van der Waals surface area contributed by atoms with Gasteiger partial charge < -0.3 is 10.5 Å². The summed E-state index contributed by atoms with van der Waals surface area (Å²) in [4.78, 5) is 4.06. The normalized spacial score (nSPS) is 12.7. The Labute approximate surface area is 101 Å². The molecule has 0 amide bonds. The number of hydrogen-bond acceptors (Lipinski definition) is 4. The Kier molecular flexibility index (Phi) is 3.65. The Balaban J connectivity index is 2.31. The summed E-state index contributed by atoms with van der Waals surface area (Å²) in [6.45, 7) is -2.86. The van der Waals surface area contributed by atoms with Crippen molar-refractivity contribution in [2.24, 2.45) is 5.73 Å². The maximum Gasteiger partial charge on any atom is 0.387 e. The molecule has 2 rings (SSSR count). The van der Waals surface area contributed by atoms with Crippen LogP contribution in [0.3, 0.4) is 0 Å². The first kappa shape index (κ1) is 11.9. The molecule has 1 atom stereocenters. The largest absolute Gasteiger partial charge is 0.434 e. The lowest BCUT2D eigenvalue weighted by Gasteiger charge is -2.14. The van der Waals surface area contributed by atoms with E-state index in [2.05, 4.69) is 9.72 Å². The monoisotopic (exact) mass is 256 g/mol. The number of nitrogens with two attached hydrogens (primary N) is 1. The minimum Gasteiger partial charge on any atom is -0.434 e. The molecule has 17 heavy (non-hydrogen) atoms. The van der Waals surface area contributed by atoms with Crippen LogP contribution in [-0.4, -0.2) is 11.6 Å². The number of alkyl halides is 2. The van der Waals surface area contributed by atoms with Crippen LogP contribution in [0, 0.1) is 0 Å². The topological polar surface area (TPSA) is 48.1 Å². The lowest BCUT2D eigenvalue weighted by molar-refractivity contribution is -0.0505. The number of benzene rings is 1. The van der Waals surface area contributed by atoms with Crippen molar-refractivity contribution >= 4 is 11.3 Å². The van der Waals surface area contributed by atoms with Crippen LogP contribution in [0.4, 0.5) is 8.78 Å². The Morgan fingerprint density at radius 3 is 2.71 bits per heavy atom. The second-order valence-corrected chi connectivity index (χ2v) is 4.19. The van der Waals surface area contributed by atoms with E-state index in [9.17, 15) is 8.78 Å². The fourth-order valence-electron chi connectivity index (χ4n) is 1.46. The molecule has 90 valence electrons. The van der Waals surface area contributed by atoms with Crippen molar-refractivity contribution < 1.29 is 13.5 Å². The van der Waals surface area contributed by atoms with Crippen molar-refractivity contribution in [3.63, 3.8) is 0 Å². The van der Waals surface area contributed by atoms with Crippen LogP contribution < -0.4 is 10.5 Å². The molecule has 0 radical (unpaired) electrons. The SMILES string of the molecule is NC(c1nccs1)c1ccccc1OC(F)F. The van der Waals surface area contributed by atoms with E-state index >= 15 is 0 Å². The average molecular weight is 256 g/mol. The lowest BCUT2D eigenvalue weighted by Crippen LogP contribution is -2.14. The summed E-state index contributed by atoms with van der Waals surface area (Å²) >= 11 is 1.37. The van der Waals surface area contributed by atoms with E-state index < -0.39 is 12.7 Å². The standard InChI is InChI=1S/C11H10F2N2OS/c12-11(13)16-8-4-2-1-3-7(8)9(14)10-15-5-6-17-10/h1-6,9,11H,14H2. The predicted molar refractivity (Wildman–Crippen MR) is 61.2 cm³/mol. The van der Waals surface area contributed by atoms with Crippen LogP contribution in [0.1, 0.15) is 16.6 Å². The van der Waals surface area contributed by atoms with Gasteiger partial charge in [0.1, 0.15) is 10.8 Å². The number of rotatable bonds is 4. The average Bonchev–Trinajstić information content (AvgIpc) is 2.81. The summed E-state index contributed by atoms with van der Waals surface area (Å²) in [6.07, 6.45) is 1.62. The van der Waals surface area contributed by atoms with Gasteiger partial charge in [0.15, 0.2) is 0 Å². The van der Waals surface area contributed by atoms with Gasteiger partial charge in [-0.25, -0.2) is 4.98 Å². The molecule has 2 aromatic rings. The highest BCUT2D eigenvalue weighted by molar-refractivity contribution is 7.09. The Bertz CT molecular complexity index is 476. The first-order valence-electron chi connectivity index (χ1n) is 4.87. The molecule has 0 saturated carbocycles. The fourth-order valence-corrected chi connectivity index (χ4v) is 2.12. The second kappa shape index (κ2) is 5.20. The molecule has 0 aliphatic heterocycles. The van der Waals surface area contributed by atoms with Crippen molar-refractivity contribution in [1.82, 2.24) is 4.98 Å². The number of aromatic nitrogens is 1. The van der Waals surface area contributed by atoms with E-state index in [4.69, 9.17) is 5.73 Å². The third-order valence-electron chi connectivity index (χ3n) is 2.19. The Morgan fingerprint density at radius 2 is 2.06 bits per heavy atom. The molecule has 0 spiro atoms. The number of halogens is 2. The van der Waals surface area contributed by atoms with Crippen LogP contribution >= 0.6 is 11.3 Å². The van der Waals surface area contributed by atoms with Crippen molar-refractivity contribution in [1.29, 1.82) is 0 Å². The number of hydrogen-bond donors (Lipinski definition) is 1. The van der Waals surface area contributed by atoms with E-state index in [1.807, 2.05) is 0 Å². The molecule has 0 aliphatic rings. The van der Waals surface area contributed by atoms with Gasteiger partial charge in [-0.15, -0.1) is 11.3 Å². The van der Waals surface area contributed by atoms with Gasteiger partial charge in [-0.3, -0.25) is 0 Å². The molecule has 3 nitrogen and oxygen atoms in total. The van der Waals surface area contributed by atoms with Crippen molar-refractivity contribution in [3.8, 4) is 5.75 Å². The summed E-state index contributed by atoms with van der Waals surface area (Å²) in [6, 6.07) is 5.92. The molecule has 0 aliphatic carbocycles. The highest BCUT2D eigenvalue weighted by Gasteiger charge is 2.17. The highest BCUT2D eigenvalue weighted by Crippen LogP contribution is 2.29. The Morgan fingerprint density at radius 1 is 1.29 bits per heavy atom. The van der Waals surface area contributed by atoms with Gasteiger partial charge in [-0.1, -0.05) is 18.2 Å². The quantitative estimate of drug-likeness (QED) is 0.915. The molecule has 2 N–H and O–H groups in total. The molecule has 1 aromatic carbocycles. The van der Waals surface area contributed by atoms with Gasteiger partial charge in [0.05, 0.1) is 6.04 Å². The number of nitrogens with zero attached hydrogens (tertiary/aromatic N) is 1. The molecule has 0 fully saturated rings. The summed E-state index contributed by atoms with van der Waals surface area (Å²) in [5, 5.41) is 2.45. The summed E-state index contributed by atoms with van der Waals surface area (Å²) in [5.74, 6) is 0.0881. The van der Waals surface area contributed by atoms with Crippen molar-refractivity contribution in [3.05, 3.63) is 46.4 Å². The number of thiazole rings is 1.